The van der Waals surface area contributed by atoms with Gasteiger partial charge in [0.25, 0.3) is 0 Å². The van der Waals surface area contributed by atoms with E-state index in [1.807, 2.05) is 30.3 Å². The van der Waals surface area contributed by atoms with Gasteiger partial charge in [0.15, 0.2) is 0 Å². The molecule has 0 aliphatic carbocycles. The molecule has 0 aliphatic rings. The van der Waals surface area contributed by atoms with Crippen molar-refractivity contribution in [2.45, 2.75) is 6.92 Å². The number of nitrogens with zero attached hydrogens (tertiary/aromatic N) is 1. The zero-order valence-electron chi connectivity index (χ0n) is 13.7. The van der Waals surface area contributed by atoms with Gasteiger partial charge in [-0.05, 0) is 24.3 Å². The van der Waals surface area contributed by atoms with Crippen molar-refractivity contribution in [1.82, 2.24) is 4.98 Å². The Bertz CT molecular complexity index is 882. The van der Waals surface area contributed by atoms with Crippen LogP contribution >= 0.6 is 0 Å². The fourth-order valence-corrected chi connectivity index (χ4v) is 2.25. The van der Waals surface area contributed by atoms with E-state index in [2.05, 4.69) is 15.6 Å². The second-order valence-electron chi connectivity index (χ2n) is 5.41. The maximum atomic E-state index is 11.2. The molecule has 0 radical (unpaired) electrons. The van der Waals surface area contributed by atoms with E-state index in [4.69, 9.17) is 10.5 Å². The molecule has 1 heterocycles. The van der Waals surface area contributed by atoms with Gasteiger partial charge < -0.3 is 21.1 Å². The number of carbonyl (C=O) groups excluding carboxylic acids is 1. The van der Waals surface area contributed by atoms with Gasteiger partial charge in [-0.15, -0.1) is 0 Å². The number of amides is 1. The first-order valence-corrected chi connectivity index (χ1v) is 7.73. The van der Waals surface area contributed by atoms with E-state index in [0.29, 0.717) is 28.7 Å². The molecule has 0 atom stereocenters. The molecule has 0 bridgehead atoms. The van der Waals surface area contributed by atoms with Crippen LogP contribution in [0.15, 0.2) is 66.9 Å². The van der Waals surface area contributed by atoms with Crippen molar-refractivity contribution in [3.63, 3.8) is 0 Å². The van der Waals surface area contributed by atoms with Crippen molar-refractivity contribution in [3.8, 4) is 11.6 Å². The number of aromatic nitrogens is 1. The third-order valence-electron chi connectivity index (χ3n) is 3.34. The largest absolute Gasteiger partial charge is 0.439 e. The minimum atomic E-state index is -0.142. The number of nitrogens with two attached hydrogens (primary N) is 1. The predicted molar refractivity (Wildman–Crippen MR) is 99.2 cm³/mol. The monoisotopic (exact) mass is 334 g/mol. The second-order valence-corrected chi connectivity index (χ2v) is 5.41. The number of rotatable bonds is 5. The summed E-state index contributed by atoms with van der Waals surface area (Å²) in [4.78, 5) is 15.3. The lowest BCUT2D eigenvalue weighted by Crippen LogP contribution is -2.05. The quantitative estimate of drug-likeness (QED) is 0.652. The normalized spacial score (nSPS) is 10.1. The standard InChI is InChI=1S/C19H18N4O2/c1-13(24)22-15-8-5-9-16(10-15)25-19-11-18(17(20)12-21-19)23-14-6-3-2-4-7-14/h2-12H,20H2,1H3,(H,21,23)(H,22,24). The van der Waals surface area contributed by atoms with Crippen molar-refractivity contribution in [2.75, 3.05) is 16.4 Å². The number of para-hydroxylation sites is 1. The number of hydrogen-bond acceptors (Lipinski definition) is 5. The number of nitrogen functional groups attached to an aromatic ring is 1. The lowest BCUT2D eigenvalue weighted by atomic mass is 10.3. The molecule has 1 aromatic heterocycles. The number of anilines is 4. The number of pyridine rings is 1. The molecule has 0 fully saturated rings. The summed E-state index contributed by atoms with van der Waals surface area (Å²) in [5.41, 5.74) is 8.77. The zero-order chi connectivity index (χ0) is 17.6. The summed E-state index contributed by atoms with van der Waals surface area (Å²) in [6.45, 7) is 1.45. The van der Waals surface area contributed by atoms with Gasteiger partial charge in [-0.1, -0.05) is 24.3 Å². The highest BCUT2D eigenvalue weighted by molar-refractivity contribution is 5.88. The van der Waals surface area contributed by atoms with Gasteiger partial charge in [-0.3, -0.25) is 4.79 Å². The molecule has 0 saturated carbocycles. The smallest absolute Gasteiger partial charge is 0.221 e. The summed E-state index contributed by atoms with van der Waals surface area (Å²) in [5, 5.41) is 5.95. The van der Waals surface area contributed by atoms with Crippen molar-refractivity contribution in [3.05, 3.63) is 66.9 Å². The summed E-state index contributed by atoms with van der Waals surface area (Å²) in [6.07, 6.45) is 1.54. The van der Waals surface area contributed by atoms with Crippen LogP contribution in [0.1, 0.15) is 6.92 Å². The molecule has 0 spiro atoms. The third kappa shape index (κ3) is 4.48. The summed E-state index contributed by atoms with van der Waals surface area (Å²) in [7, 11) is 0. The first-order valence-electron chi connectivity index (χ1n) is 7.73. The van der Waals surface area contributed by atoms with Crippen LogP contribution in [-0.4, -0.2) is 10.9 Å². The van der Waals surface area contributed by atoms with E-state index < -0.39 is 0 Å². The highest BCUT2D eigenvalue weighted by Gasteiger charge is 2.06. The highest BCUT2D eigenvalue weighted by atomic mass is 16.5. The molecule has 6 nitrogen and oxygen atoms in total. The molecule has 1 amide bonds. The van der Waals surface area contributed by atoms with E-state index in [1.54, 1.807) is 30.3 Å². The number of nitrogens with one attached hydrogen (secondary N) is 2. The van der Waals surface area contributed by atoms with Crippen LogP contribution in [-0.2, 0) is 4.79 Å². The summed E-state index contributed by atoms with van der Waals surface area (Å²) >= 11 is 0. The Hall–Kier alpha value is -3.54. The Labute approximate surface area is 145 Å². The molecule has 126 valence electrons. The van der Waals surface area contributed by atoms with Crippen LogP contribution in [0, 0.1) is 0 Å². The van der Waals surface area contributed by atoms with Crippen molar-refractivity contribution < 1.29 is 9.53 Å². The van der Waals surface area contributed by atoms with Crippen LogP contribution in [0.3, 0.4) is 0 Å². The van der Waals surface area contributed by atoms with Crippen LogP contribution in [0.25, 0.3) is 0 Å². The SMILES string of the molecule is CC(=O)Nc1cccc(Oc2cc(Nc3ccccc3)c(N)cn2)c1. The molecule has 3 aromatic rings. The molecule has 4 N–H and O–H groups in total. The van der Waals surface area contributed by atoms with Crippen molar-refractivity contribution in [2.24, 2.45) is 0 Å². The maximum absolute atomic E-state index is 11.2. The van der Waals surface area contributed by atoms with Gasteiger partial charge in [0.1, 0.15) is 5.75 Å². The van der Waals surface area contributed by atoms with E-state index >= 15 is 0 Å². The molecular formula is C19H18N4O2. The van der Waals surface area contributed by atoms with Crippen molar-refractivity contribution in [1.29, 1.82) is 0 Å². The molecular weight excluding hydrogens is 316 g/mol. The van der Waals surface area contributed by atoms with Crippen molar-refractivity contribution >= 4 is 28.7 Å². The topological polar surface area (TPSA) is 89.3 Å². The fourth-order valence-electron chi connectivity index (χ4n) is 2.25. The Kier molecular flexibility index (Phi) is 4.80. The van der Waals surface area contributed by atoms with Crippen LogP contribution in [0.4, 0.5) is 22.7 Å². The lowest BCUT2D eigenvalue weighted by molar-refractivity contribution is -0.114. The fraction of sp³-hybridized carbons (Fsp3) is 0.0526. The average molecular weight is 334 g/mol. The molecule has 25 heavy (non-hydrogen) atoms. The zero-order valence-corrected chi connectivity index (χ0v) is 13.7. The minimum Gasteiger partial charge on any atom is -0.439 e. The summed E-state index contributed by atoms with van der Waals surface area (Å²) in [6, 6.07) is 18.5. The van der Waals surface area contributed by atoms with Gasteiger partial charge in [0.2, 0.25) is 11.8 Å². The van der Waals surface area contributed by atoms with Crippen LogP contribution in [0.2, 0.25) is 0 Å². The van der Waals surface area contributed by atoms with Crippen LogP contribution in [0.5, 0.6) is 11.6 Å². The molecule has 0 unspecified atom stereocenters. The summed E-state index contributed by atoms with van der Waals surface area (Å²) < 4.78 is 5.78. The molecule has 2 aromatic carbocycles. The Morgan fingerprint density at radius 3 is 2.56 bits per heavy atom. The van der Waals surface area contributed by atoms with E-state index in [-0.39, 0.29) is 5.91 Å². The van der Waals surface area contributed by atoms with Gasteiger partial charge in [-0.25, -0.2) is 4.98 Å². The van der Waals surface area contributed by atoms with E-state index in [0.717, 1.165) is 5.69 Å². The first-order chi connectivity index (χ1) is 12.1. The average Bonchev–Trinajstić information content (AvgIpc) is 2.59. The van der Waals surface area contributed by atoms with Gasteiger partial charge in [-0.2, -0.15) is 0 Å². The number of benzene rings is 2. The summed E-state index contributed by atoms with van der Waals surface area (Å²) in [5.74, 6) is 0.818. The molecule has 0 aliphatic heterocycles. The minimum absolute atomic E-state index is 0.142. The van der Waals surface area contributed by atoms with Gasteiger partial charge in [0, 0.05) is 30.4 Å². The Balaban J connectivity index is 1.79. The first kappa shape index (κ1) is 16.3. The number of hydrogen-bond donors (Lipinski definition) is 3. The van der Waals surface area contributed by atoms with Gasteiger partial charge >= 0.3 is 0 Å². The van der Waals surface area contributed by atoms with Crippen LogP contribution < -0.4 is 21.1 Å². The van der Waals surface area contributed by atoms with E-state index in [1.165, 1.54) is 13.1 Å². The Morgan fingerprint density at radius 2 is 1.80 bits per heavy atom. The molecule has 0 saturated heterocycles. The number of ether oxygens (including phenoxy) is 1. The van der Waals surface area contributed by atoms with E-state index in [9.17, 15) is 4.79 Å². The maximum Gasteiger partial charge on any atom is 0.221 e. The molecule has 6 heteroatoms. The lowest BCUT2D eigenvalue weighted by Gasteiger charge is -2.12. The Morgan fingerprint density at radius 1 is 1.04 bits per heavy atom. The number of carbonyl (C=O) groups is 1. The van der Waals surface area contributed by atoms with Gasteiger partial charge in [0.05, 0.1) is 17.6 Å². The third-order valence-corrected chi connectivity index (χ3v) is 3.34. The second kappa shape index (κ2) is 7.35. The molecule has 3 rings (SSSR count). The highest BCUT2D eigenvalue weighted by Crippen LogP contribution is 2.29. The predicted octanol–water partition coefficient (Wildman–Crippen LogP) is 4.16.